The quantitative estimate of drug-likeness (QED) is 0.834. The number of benzene rings is 1. The number of ketones is 1. The highest BCUT2D eigenvalue weighted by Gasteiger charge is 2.14. The van der Waals surface area contributed by atoms with Crippen molar-refractivity contribution in [2.75, 3.05) is 6.54 Å². The third-order valence-corrected chi connectivity index (χ3v) is 5.03. The molecule has 6 heteroatoms. The average Bonchev–Trinajstić information content (AvgIpc) is 2.92. The van der Waals surface area contributed by atoms with Gasteiger partial charge in [0.05, 0.1) is 4.90 Å². The van der Waals surface area contributed by atoms with Crippen LogP contribution in [0.25, 0.3) is 0 Å². The largest absolute Gasteiger partial charge is 0.295 e. The van der Waals surface area contributed by atoms with Crippen molar-refractivity contribution >= 4 is 27.1 Å². The van der Waals surface area contributed by atoms with Crippen LogP contribution in [0, 0.1) is 0 Å². The molecule has 1 aromatic carbocycles. The highest BCUT2D eigenvalue weighted by molar-refractivity contribution is 7.89. The van der Waals surface area contributed by atoms with Gasteiger partial charge in [-0.25, -0.2) is 13.1 Å². The molecule has 1 N–H and O–H groups in total. The van der Waals surface area contributed by atoms with Gasteiger partial charge in [0.2, 0.25) is 10.0 Å². The van der Waals surface area contributed by atoms with Crippen LogP contribution in [0.3, 0.4) is 0 Å². The molecule has 0 bridgehead atoms. The molecule has 20 heavy (non-hydrogen) atoms. The predicted octanol–water partition coefficient (Wildman–Crippen LogP) is 2.47. The minimum Gasteiger partial charge on any atom is -0.295 e. The van der Waals surface area contributed by atoms with Gasteiger partial charge in [0.1, 0.15) is 0 Å². The van der Waals surface area contributed by atoms with Gasteiger partial charge in [-0.05, 0) is 47.9 Å². The third kappa shape index (κ3) is 3.75. The predicted molar refractivity (Wildman–Crippen MR) is 79.7 cm³/mol. The molecule has 0 atom stereocenters. The van der Waals surface area contributed by atoms with Gasteiger partial charge in [-0.1, -0.05) is 12.1 Å². The maximum absolute atomic E-state index is 12.1. The molecule has 0 spiro atoms. The SMILES string of the molecule is CC(=O)c1cccc(S(=O)(=O)NCCc2ccsc2)c1. The van der Waals surface area contributed by atoms with E-state index in [2.05, 4.69) is 4.72 Å². The highest BCUT2D eigenvalue weighted by Crippen LogP contribution is 2.12. The van der Waals surface area contributed by atoms with E-state index in [1.54, 1.807) is 23.5 Å². The maximum Gasteiger partial charge on any atom is 0.240 e. The molecule has 4 nitrogen and oxygen atoms in total. The van der Waals surface area contributed by atoms with E-state index >= 15 is 0 Å². The minimum atomic E-state index is -3.57. The summed E-state index contributed by atoms with van der Waals surface area (Å²) in [6, 6.07) is 8.03. The zero-order valence-corrected chi connectivity index (χ0v) is 12.6. The molecule has 106 valence electrons. The second kappa shape index (κ2) is 6.30. The fourth-order valence-electron chi connectivity index (χ4n) is 1.73. The number of rotatable bonds is 6. The molecule has 1 aromatic heterocycles. The van der Waals surface area contributed by atoms with E-state index in [4.69, 9.17) is 0 Å². The van der Waals surface area contributed by atoms with Crippen molar-refractivity contribution in [1.29, 1.82) is 0 Å². The lowest BCUT2D eigenvalue weighted by Crippen LogP contribution is -2.26. The standard InChI is InChI=1S/C14H15NO3S2/c1-11(16)13-3-2-4-14(9-13)20(17,18)15-7-5-12-6-8-19-10-12/h2-4,6,8-10,15H,5,7H2,1H3. The highest BCUT2D eigenvalue weighted by atomic mass is 32.2. The van der Waals surface area contributed by atoms with Crippen LogP contribution < -0.4 is 4.72 Å². The van der Waals surface area contributed by atoms with Gasteiger partial charge in [0.15, 0.2) is 5.78 Å². The number of hydrogen-bond donors (Lipinski definition) is 1. The van der Waals surface area contributed by atoms with Crippen LogP contribution in [0.1, 0.15) is 22.8 Å². The first kappa shape index (κ1) is 14.9. The van der Waals surface area contributed by atoms with Crippen molar-refractivity contribution in [1.82, 2.24) is 4.72 Å². The summed E-state index contributed by atoms with van der Waals surface area (Å²) in [5.74, 6) is -0.152. The van der Waals surface area contributed by atoms with Crippen molar-refractivity contribution in [3.8, 4) is 0 Å². The Morgan fingerprint density at radius 1 is 1.30 bits per heavy atom. The molecule has 0 amide bonds. The van der Waals surface area contributed by atoms with Crippen LogP contribution in [0.4, 0.5) is 0 Å². The molecule has 0 aliphatic rings. The molecule has 2 rings (SSSR count). The smallest absolute Gasteiger partial charge is 0.240 e. The summed E-state index contributed by atoms with van der Waals surface area (Å²) < 4.78 is 26.8. The second-order valence-electron chi connectivity index (χ2n) is 4.36. The lowest BCUT2D eigenvalue weighted by atomic mass is 10.2. The molecule has 0 saturated carbocycles. The number of Topliss-reactive ketones (excluding diaryl/α,β-unsaturated/α-hetero) is 1. The van der Waals surface area contributed by atoms with E-state index in [0.717, 1.165) is 5.56 Å². The lowest BCUT2D eigenvalue weighted by molar-refractivity contribution is 0.101. The summed E-state index contributed by atoms with van der Waals surface area (Å²) >= 11 is 1.58. The maximum atomic E-state index is 12.1. The second-order valence-corrected chi connectivity index (χ2v) is 6.91. The zero-order valence-electron chi connectivity index (χ0n) is 11.0. The third-order valence-electron chi connectivity index (χ3n) is 2.84. The molecule has 0 fully saturated rings. The van der Waals surface area contributed by atoms with Crippen LogP contribution in [0.2, 0.25) is 0 Å². The summed E-state index contributed by atoms with van der Waals surface area (Å²) in [4.78, 5) is 11.4. The average molecular weight is 309 g/mol. The van der Waals surface area contributed by atoms with E-state index in [-0.39, 0.29) is 10.7 Å². The molecule has 0 saturated heterocycles. The first-order valence-electron chi connectivity index (χ1n) is 6.11. The van der Waals surface area contributed by atoms with Crippen LogP contribution >= 0.6 is 11.3 Å². The Hall–Kier alpha value is -1.50. The Morgan fingerprint density at radius 2 is 2.10 bits per heavy atom. The number of thiophene rings is 1. The van der Waals surface area contributed by atoms with Gasteiger partial charge < -0.3 is 0 Å². The van der Waals surface area contributed by atoms with Crippen molar-refractivity contribution in [3.05, 3.63) is 52.2 Å². The Bertz CT molecular complexity index is 691. The molecule has 0 aliphatic carbocycles. The van der Waals surface area contributed by atoms with Gasteiger partial charge in [0.25, 0.3) is 0 Å². The molecule has 2 aromatic rings. The molecule has 0 unspecified atom stereocenters. The normalized spacial score (nSPS) is 11.4. The fourth-order valence-corrected chi connectivity index (χ4v) is 3.51. The van der Waals surface area contributed by atoms with Crippen LogP contribution in [-0.2, 0) is 16.4 Å². The van der Waals surface area contributed by atoms with E-state index < -0.39 is 10.0 Å². The summed E-state index contributed by atoms with van der Waals surface area (Å²) in [6.07, 6.45) is 0.648. The Morgan fingerprint density at radius 3 is 2.75 bits per heavy atom. The van der Waals surface area contributed by atoms with Crippen LogP contribution in [-0.4, -0.2) is 20.7 Å². The van der Waals surface area contributed by atoms with Crippen LogP contribution in [0.15, 0.2) is 46.0 Å². The number of nitrogens with one attached hydrogen (secondary N) is 1. The van der Waals surface area contributed by atoms with Gasteiger partial charge in [-0.15, -0.1) is 0 Å². The van der Waals surface area contributed by atoms with E-state index in [0.29, 0.717) is 18.5 Å². The summed E-state index contributed by atoms with van der Waals surface area (Å²) in [7, 11) is -3.57. The van der Waals surface area contributed by atoms with Gasteiger partial charge in [0, 0.05) is 12.1 Å². The molecular weight excluding hydrogens is 294 g/mol. The van der Waals surface area contributed by atoms with Crippen molar-refractivity contribution < 1.29 is 13.2 Å². The summed E-state index contributed by atoms with van der Waals surface area (Å²) in [5.41, 5.74) is 1.50. The Balaban J connectivity index is 2.06. The molecule has 0 aliphatic heterocycles. The zero-order chi connectivity index (χ0) is 14.6. The first-order valence-corrected chi connectivity index (χ1v) is 8.53. The Kier molecular flexibility index (Phi) is 4.69. The molecular formula is C14H15NO3S2. The lowest BCUT2D eigenvalue weighted by Gasteiger charge is -2.07. The number of carbonyl (C=O) groups is 1. The van der Waals surface area contributed by atoms with Crippen molar-refractivity contribution in [2.45, 2.75) is 18.2 Å². The van der Waals surface area contributed by atoms with E-state index in [9.17, 15) is 13.2 Å². The first-order chi connectivity index (χ1) is 9.49. The van der Waals surface area contributed by atoms with Gasteiger partial charge in [-0.3, -0.25) is 4.79 Å². The van der Waals surface area contributed by atoms with E-state index in [1.165, 1.54) is 19.1 Å². The fraction of sp³-hybridized carbons (Fsp3) is 0.214. The van der Waals surface area contributed by atoms with Crippen LogP contribution in [0.5, 0.6) is 0 Å². The molecule has 0 radical (unpaired) electrons. The topological polar surface area (TPSA) is 63.2 Å². The number of hydrogen-bond acceptors (Lipinski definition) is 4. The molecule has 1 heterocycles. The Labute approximate surface area is 122 Å². The number of sulfonamides is 1. The number of carbonyl (C=O) groups excluding carboxylic acids is 1. The van der Waals surface area contributed by atoms with E-state index in [1.807, 2.05) is 16.8 Å². The summed E-state index contributed by atoms with van der Waals surface area (Å²) in [5, 5.41) is 3.95. The van der Waals surface area contributed by atoms with Crippen molar-refractivity contribution in [2.24, 2.45) is 0 Å². The van der Waals surface area contributed by atoms with Gasteiger partial charge in [-0.2, -0.15) is 11.3 Å². The monoisotopic (exact) mass is 309 g/mol. The van der Waals surface area contributed by atoms with Crippen molar-refractivity contribution in [3.63, 3.8) is 0 Å². The van der Waals surface area contributed by atoms with Gasteiger partial charge >= 0.3 is 0 Å². The summed E-state index contributed by atoms with van der Waals surface area (Å²) in [6.45, 7) is 1.75. The minimum absolute atomic E-state index is 0.121.